The molecule has 1 atom stereocenters. The normalized spacial score (nSPS) is 17.7. The maximum Gasteiger partial charge on any atom is 0.222 e. The molecule has 0 saturated carbocycles. The first-order chi connectivity index (χ1) is 12.6. The van der Waals surface area contributed by atoms with Crippen LogP contribution in [0.3, 0.4) is 0 Å². The van der Waals surface area contributed by atoms with Crippen LogP contribution in [0.4, 0.5) is 0 Å². The molecule has 26 heavy (non-hydrogen) atoms. The summed E-state index contributed by atoms with van der Waals surface area (Å²) >= 11 is 0. The monoisotopic (exact) mass is 351 g/mol. The molecule has 0 bridgehead atoms. The van der Waals surface area contributed by atoms with Crippen LogP contribution in [0.1, 0.15) is 12.1 Å². The molecule has 0 radical (unpaired) electrons. The minimum atomic E-state index is -0.226. The number of ether oxygens (including phenoxy) is 1. The number of likely N-dealkylation sites (tertiary alicyclic amines) is 1. The molecular formula is C19H21N5O2. The van der Waals surface area contributed by atoms with Gasteiger partial charge in [0.2, 0.25) is 11.8 Å². The molecular weight excluding hydrogens is 330 g/mol. The molecule has 1 aliphatic heterocycles. The number of carbonyl (C=O) groups excluding carboxylic acids is 1. The van der Waals surface area contributed by atoms with E-state index in [4.69, 9.17) is 10.5 Å². The number of rotatable bonds is 5. The van der Waals surface area contributed by atoms with Gasteiger partial charge in [0.25, 0.3) is 0 Å². The van der Waals surface area contributed by atoms with Crippen molar-refractivity contribution >= 4 is 16.8 Å². The van der Waals surface area contributed by atoms with Gasteiger partial charge in [0.1, 0.15) is 12.1 Å². The number of carbonyl (C=O) groups is 1. The number of amides is 1. The quantitative estimate of drug-likeness (QED) is 0.760. The van der Waals surface area contributed by atoms with E-state index in [1.165, 1.54) is 6.33 Å². The lowest BCUT2D eigenvalue weighted by Crippen LogP contribution is -2.27. The number of hydrogen-bond acceptors (Lipinski definition) is 5. The summed E-state index contributed by atoms with van der Waals surface area (Å²) in [5.41, 5.74) is 7.41. The number of nitrogens with zero attached hydrogens (tertiary/aromatic N) is 4. The molecule has 1 amide bonds. The third kappa shape index (κ3) is 3.39. The van der Waals surface area contributed by atoms with Gasteiger partial charge in [0, 0.05) is 43.3 Å². The molecule has 1 saturated heterocycles. The van der Waals surface area contributed by atoms with Crippen LogP contribution in [0.5, 0.6) is 11.6 Å². The van der Waals surface area contributed by atoms with Crippen LogP contribution in [-0.4, -0.2) is 38.4 Å². The Labute approximate surface area is 151 Å². The van der Waals surface area contributed by atoms with E-state index in [9.17, 15) is 4.79 Å². The fourth-order valence-electron chi connectivity index (χ4n) is 3.40. The minimum Gasteiger partial charge on any atom is -0.439 e. The van der Waals surface area contributed by atoms with Crippen LogP contribution in [0.15, 0.2) is 42.9 Å². The van der Waals surface area contributed by atoms with Gasteiger partial charge in [0.15, 0.2) is 0 Å². The lowest BCUT2D eigenvalue weighted by molar-refractivity contribution is -0.121. The van der Waals surface area contributed by atoms with E-state index < -0.39 is 0 Å². The first-order valence-electron chi connectivity index (χ1n) is 8.64. The fourth-order valence-corrected chi connectivity index (χ4v) is 3.40. The second-order valence-corrected chi connectivity index (χ2v) is 6.72. The number of nitrogens with two attached hydrogens (primary N) is 1. The third-order valence-corrected chi connectivity index (χ3v) is 4.84. The lowest BCUT2D eigenvalue weighted by atomic mass is 10.1. The smallest absolute Gasteiger partial charge is 0.222 e. The summed E-state index contributed by atoms with van der Waals surface area (Å²) in [6.07, 6.45) is 4.33. The second kappa shape index (κ2) is 6.76. The molecule has 7 nitrogen and oxygen atoms in total. The van der Waals surface area contributed by atoms with Crippen molar-refractivity contribution in [3.8, 4) is 11.6 Å². The van der Waals surface area contributed by atoms with Gasteiger partial charge in [-0.2, -0.15) is 0 Å². The molecule has 1 aliphatic rings. The molecule has 0 spiro atoms. The summed E-state index contributed by atoms with van der Waals surface area (Å²) in [5, 5.41) is 1.12. The molecule has 0 aliphatic carbocycles. The zero-order valence-electron chi connectivity index (χ0n) is 14.6. The number of primary amides is 1. The Morgan fingerprint density at radius 3 is 3.00 bits per heavy atom. The highest BCUT2D eigenvalue weighted by atomic mass is 16.5. The van der Waals surface area contributed by atoms with Gasteiger partial charge >= 0.3 is 0 Å². The molecule has 1 unspecified atom stereocenters. The van der Waals surface area contributed by atoms with Crippen molar-refractivity contribution in [2.45, 2.75) is 13.0 Å². The fraction of sp³-hybridized carbons (Fsp3) is 0.316. The Morgan fingerprint density at radius 1 is 1.31 bits per heavy atom. The standard InChI is InChI=1S/C19H21N5O2/c1-23-6-4-13-8-16(2-3-17(13)23)26-18-9-15(21-12-22-18)11-24-7-5-14(10-24)19(20)25/h2-4,6,8-9,12,14H,5,7,10-11H2,1H3,(H2,20,25). The minimum absolute atomic E-state index is 0.0647. The highest BCUT2D eigenvalue weighted by Gasteiger charge is 2.26. The van der Waals surface area contributed by atoms with Crippen molar-refractivity contribution in [1.82, 2.24) is 19.4 Å². The van der Waals surface area contributed by atoms with Crippen molar-refractivity contribution in [1.29, 1.82) is 0 Å². The highest BCUT2D eigenvalue weighted by molar-refractivity contribution is 5.81. The summed E-state index contributed by atoms with van der Waals surface area (Å²) in [5.74, 6) is 0.958. The van der Waals surface area contributed by atoms with Crippen LogP contribution in [0, 0.1) is 5.92 Å². The van der Waals surface area contributed by atoms with Gasteiger partial charge in [-0.15, -0.1) is 0 Å². The third-order valence-electron chi connectivity index (χ3n) is 4.84. The van der Waals surface area contributed by atoms with Crippen molar-refractivity contribution in [2.24, 2.45) is 18.7 Å². The molecule has 1 fully saturated rings. The molecule has 3 heterocycles. The molecule has 4 rings (SSSR count). The van der Waals surface area contributed by atoms with Crippen molar-refractivity contribution < 1.29 is 9.53 Å². The Morgan fingerprint density at radius 2 is 2.19 bits per heavy atom. The van der Waals surface area contributed by atoms with Gasteiger partial charge in [-0.3, -0.25) is 9.69 Å². The molecule has 7 heteroatoms. The van der Waals surface area contributed by atoms with Gasteiger partial charge in [-0.1, -0.05) is 0 Å². The van der Waals surface area contributed by atoms with Crippen LogP contribution in [0.2, 0.25) is 0 Å². The molecule has 1 aromatic carbocycles. The number of fused-ring (bicyclic) bond motifs is 1. The summed E-state index contributed by atoms with van der Waals surface area (Å²) in [6, 6.07) is 9.85. The van der Waals surface area contributed by atoms with E-state index in [0.717, 1.165) is 35.3 Å². The van der Waals surface area contributed by atoms with Crippen molar-refractivity contribution in [3.05, 3.63) is 48.5 Å². The Bertz CT molecular complexity index is 952. The zero-order chi connectivity index (χ0) is 18.1. The summed E-state index contributed by atoms with van der Waals surface area (Å²) < 4.78 is 7.97. The zero-order valence-corrected chi connectivity index (χ0v) is 14.6. The second-order valence-electron chi connectivity index (χ2n) is 6.72. The number of aromatic nitrogens is 3. The predicted octanol–water partition coefficient (Wildman–Crippen LogP) is 2.07. The van der Waals surface area contributed by atoms with E-state index in [0.29, 0.717) is 19.0 Å². The van der Waals surface area contributed by atoms with Crippen LogP contribution in [-0.2, 0) is 18.4 Å². The van der Waals surface area contributed by atoms with Crippen LogP contribution < -0.4 is 10.5 Å². The van der Waals surface area contributed by atoms with Crippen LogP contribution >= 0.6 is 0 Å². The van der Waals surface area contributed by atoms with E-state index >= 15 is 0 Å². The largest absolute Gasteiger partial charge is 0.439 e. The van der Waals surface area contributed by atoms with Crippen LogP contribution in [0.25, 0.3) is 10.9 Å². The van der Waals surface area contributed by atoms with E-state index in [2.05, 4.69) is 25.5 Å². The topological polar surface area (TPSA) is 86.3 Å². The van der Waals surface area contributed by atoms with E-state index in [1.807, 2.05) is 37.5 Å². The Kier molecular flexibility index (Phi) is 4.30. The van der Waals surface area contributed by atoms with E-state index in [1.54, 1.807) is 0 Å². The number of benzene rings is 1. The molecule has 3 aromatic rings. The van der Waals surface area contributed by atoms with Crippen molar-refractivity contribution in [2.75, 3.05) is 13.1 Å². The maximum atomic E-state index is 11.3. The summed E-state index contributed by atoms with van der Waals surface area (Å²) in [7, 11) is 2.01. The lowest BCUT2D eigenvalue weighted by Gasteiger charge is -2.15. The first kappa shape index (κ1) is 16.5. The maximum absolute atomic E-state index is 11.3. The summed E-state index contributed by atoms with van der Waals surface area (Å²) in [4.78, 5) is 22.0. The molecule has 2 N–H and O–H groups in total. The SMILES string of the molecule is Cn1ccc2cc(Oc3cc(CN4CCC(C(N)=O)C4)ncn3)ccc21. The molecule has 134 valence electrons. The first-order valence-corrected chi connectivity index (χ1v) is 8.64. The van der Waals surface area contributed by atoms with Gasteiger partial charge in [-0.05, 0) is 37.2 Å². The average Bonchev–Trinajstić information content (AvgIpc) is 3.22. The van der Waals surface area contributed by atoms with Gasteiger partial charge in [0.05, 0.1) is 11.6 Å². The van der Waals surface area contributed by atoms with Crippen molar-refractivity contribution in [3.63, 3.8) is 0 Å². The molecule has 2 aromatic heterocycles. The van der Waals surface area contributed by atoms with Gasteiger partial charge < -0.3 is 15.0 Å². The van der Waals surface area contributed by atoms with E-state index in [-0.39, 0.29) is 11.8 Å². The average molecular weight is 351 g/mol. The Hall–Kier alpha value is -2.93. The number of aryl methyl sites for hydroxylation is 1. The summed E-state index contributed by atoms with van der Waals surface area (Å²) in [6.45, 7) is 2.18. The Balaban J connectivity index is 1.46. The highest BCUT2D eigenvalue weighted by Crippen LogP contribution is 2.25. The predicted molar refractivity (Wildman–Crippen MR) is 97.6 cm³/mol. The van der Waals surface area contributed by atoms with Gasteiger partial charge in [-0.25, -0.2) is 9.97 Å². The number of hydrogen-bond donors (Lipinski definition) is 1.